The Kier molecular flexibility index (Phi) is 4.17. The molecule has 1 aliphatic rings. The average molecular weight is 284 g/mol. The molecule has 2 atom stereocenters. The first-order valence-electron chi connectivity index (χ1n) is 6.24. The number of hydrogen-bond acceptors (Lipinski definition) is 4. The van der Waals surface area contributed by atoms with Crippen LogP contribution in [0.5, 0.6) is 0 Å². The van der Waals surface area contributed by atoms with Gasteiger partial charge >= 0.3 is 0 Å². The van der Waals surface area contributed by atoms with Crippen molar-refractivity contribution in [3.05, 3.63) is 28.8 Å². The molecule has 104 valence electrons. The van der Waals surface area contributed by atoms with Crippen molar-refractivity contribution in [1.29, 1.82) is 0 Å². The minimum absolute atomic E-state index is 0.0168. The first-order valence-corrected chi connectivity index (χ1v) is 6.61. The molecule has 0 spiro atoms. The first kappa shape index (κ1) is 14.0. The van der Waals surface area contributed by atoms with Crippen LogP contribution < -0.4 is 10.6 Å². The third kappa shape index (κ3) is 2.48. The van der Waals surface area contributed by atoms with E-state index in [1.165, 1.54) is 0 Å². The summed E-state index contributed by atoms with van der Waals surface area (Å²) in [5, 5.41) is 21.9. The van der Waals surface area contributed by atoms with Crippen molar-refractivity contribution in [3.63, 3.8) is 0 Å². The van der Waals surface area contributed by atoms with Gasteiger partial charge in [-0.2, -0.15) is 0 Å². The maximum atomic E-state index is 9.54. The molecule has 0 saturated carbocycles. The molecule has 5 nitrogen and oxygen atoms in total. The van der Waals surface area contributed by atoms with Crippen LogP contribution in [0.3, 0.4) is 0 Å². The minimum Gasteiger partial charge on any atom is -0.409 e. The predicted octanol–water partition coefficient (Wildman–Crippen LogP) is 1.64. The van der Waals surface area contributed by atoms with E-state index in [9.17, 15) is 5.11 Å². The fraction of sp³-hybridized carbons (Fsp3) is 0.462. The van der Waals surface area contributed by atoms with E-state index in [1.807, 2.05) is 12.1 Å². The van der Waals surface area contributed by atoms with E-state index in [0.29, 0.717) is 16.5 Å². The second kappa shape index (κ2) is 5.67. The second-order valence-corrected chi connectivity index (χ2v) is 5.24. The molecule has 6 heteroatoms. The van der Waals surface area contributed by atoms with Gasteiger partial charge in [-0.1, -0.05) is 29.7 Å². The van der Waals surface area contributed by atoms with Crippen LogP contribution >= 0.6 is 11.6 Å². The van der Waals surface area contributed by atoms with Crippen LogP contribution in [-0.2, 0) is 0 Å². The third-order valence-corrected chi connectivity index (χ3v) is 4.05. The van der Waals surface area contributed by atoms with Crippen LogP contribution in [0.15, 0.2) is 23.4 Å². The Morgan fingerprint density at radius 1 is 1.58 bits per heavy atom. The molecule has 4 N–H and O–H groups in total. The second-order valence-electron chi connectivity index (χ2n) is 4.83. The van der Waals surface area contributed by atoms with Gasteiger partial charge in [-0.25, -0.2) is 0 Å². The lowest BCUT2D eigenvalue weighted by Gasteiger charge is -2.29. The van der Waals surface area contributed by atoms with Crippen molar-refractivity contribution in [2.45, 2.75) is 19.4 Å². The van der Waals surface area contributed by atoms with Crippen LogP contribution in [-0.4, -0.2) is 35.3 Å². The number of amidine groups is 1. The Bertz CT molecular complexity index is 493. The van der Waals surface area contributed by atoms with Crippen LogP contribution in [0.25, 0.3) is 0 Å². The topological polar surface area (TPSA) is 82.1 Å². The Labute approximate surface area is 117 Å². The number of rotatable bonds is 3. The minimum atomic E-state index is -0.0168. The average Bonchev–Trinajstić information content (AvgIpc) is 2.78. The number of nitrogens with two attached hydrogens (primary N) is 1. The molecule has 0 aromatic heterocycles. The summed E-state index contributed by atoms with van der Waals surface area (Å²) in [7, 11) is 0. The zero-order chi connectivity index (χ0) is 14.0. The maximum absolute atomic E-state index is 9.54. The Morgan fingerprint density at radius 3 is 2.95 bits per heavy atom. The Hall–Kier alpha value is -1.46. The zero-order valence-corrected chi connectivity index (χ0v) is 11.5. The van der Waals surface area contributed by atoms with Gasteiger partial charge in [0.05, 0.1) is 23.2 Å². The molecule has 0 bridgehead atoms. The van der Waals surface area contributed by atoms with E-state index < -0.39 is 0 Å². The molecule has 2 rings (SSSR count). The lowest BCUT2D eigenvalue weighted by atomic mass is 10.0. The normalized spacial score (nSPS) is 23.9. The summed E-state index contributed by atoms with van der Waals surface area (Å²) in [6, 6.07) is 5.43. The van der Waals surface area contributed by atoms with E-state index >= 15 is 0 Å². The summed E-state index contributed by atoms with van der Waals surface area (Å²) in [6.45, 7) is 3.00. The highest BCUT2D eigenvalue weighted by atomic mass is 35.5. The smallest absolute Gasteiger partial charge is 0.173 e. The van der Waals surface area contributed by atoms with Crippen LogP contribution in [0.2, 0.25) is 5.02 Å². The van der Waals surface area contributed by atoms with Gasteiger partial charge in [0, 0.05) is 12.2 Å². The van der Waals surface area contributed by atoms with Gasteiger partial charge in [-0.15, -0.1) is 0 Å². The van der Waals surface area contributed by atoms with Crippen molar-refractivity contribution in [2.24, 2.45) is 16.8 Å². The molecule has 1 fully saturated rings. The van der Waals surface area contributed by atoms with E-state index in [1.54, 1.807) is 6.07 Å². The molecular weight excluding hydrogens is 266 g/mol. The van der Waals surface area contributed by atoms with Crippen molar-refractivity contribution in [2.75, 3.05) is 18.1 Å². The van der Waals surface area contributed by atoms with Crippen molar-refractivity contribution in [1.82, 2.24) is 0 Å². The van der Waals surface area contributed by atoms with Gasteiger partial charge in [0.25, 0.3) is 0 Å². The number of nitrogens with zero attached hydrogens (tertiary/aromatic N) is 2. The van der Waals surface area contributed by atoms with Crippen LogP contribution in [0.1, 0.15) is 18.9 Å². The molecule has 0 radical (unpaired) electrons. The highest BCUT2D eigenvalue weighted by molar-refractivity contribution is 6.34. The molecular formula is C13H18ClN3O2. The van der Waals surface area contributed by atoms with Crippen molar-refractivity contribution in [3.8, 4) is 0 Å². The molecule has 1 aliphatic heterocycles. The maximum Gasteiger partial charge on any atom is 0.173 e. The number of hydrogen-bond donors (Lipinski definition) is 3. The highest BCUT2D eigenvalue weighted by Crippen LogP contribution is 2.34. The van der Waals surface area contributed by atoms with Gasteiger partial charge in [0.1, 0.15) is 0 Å². The number of aliphatic hydroxyl groups is 1. The van der Waals surface area contributed by atoms with Crippen molar-refractivity contribution >= 4 is 23.1 Å². The fourth-order valence-electron chi connectivity index (χ4n) is 2.64. The van der Waals surface area contributed by atoms with E-state index in [4.69, 9.17) is 22.5 Å². The predicted molar refractivity (Wildman–Crippen MR) is 76.0 cm³/mol. The van der Waals surface area contributed by atoms with E-state index in [2.05, 4.69) is 17.0 Å². The monoisotopic (exact) mass is 283 g/mol. The molecule has 2 unspecified atom stereocenters. The number of benzene rings is 1. The van der Waals surface area contributed by atoms with E-state index in [-0.39, 0.29) is 18.5 Å². The van der Waals surface area contributed by atoms with Gasteiger partial charge in [-0.3, -0.25) is 0 Å². The summed E-state index contributed by atoms with van der Waals surface area (Å²) in [5.74, 6) is 0.376. The molecule has 0 aliphatic carbocycles. The molecule has 1 aromatic carbocycles. The van der Waals surface area contributed by atoms with E-state index in [0.717, 1.165) is 18.7 Å². The van der Waals surface area contributed by atoms with Crippen LogP contribution in [0, 0.1) is 5.92 Å². The molecule has 19 heavy (non-hydrogen) atoms. The SMILES string of the molecule is CC1CCN(c2cccc(Cl)c2/C(N)=N/O)C1CO. The van der Waals surface area contributed by atoms with Crippen LogP contribution in [0.4, 0.5) is 5.69 Å². The van der Waals surface area contributed by atoms with Gasteiger partial charge < -0.3 is 20.9 Å². The Morgan fingerprint density at radius 2 is 2.32 bits per heavy atom. The fourth-order valence-corrected chi connectivity index (χ4v) is 2.91. The van der Waals surface area contributed by atoms with Gasteiger partial charge in [0.2, 0.25) is 0 Å². The summed E-state index contributed by atoms with van der Waals surface area (Å²) < 4.78 is 0. The summed E-state index contributed by atoms with van der Waals surface area (Å²) in [6.07, 6.45) is 0.993. The molecule has 0 amide bonds. The Balaban J connectivity index is 2.48. The quantitative estimate of drug-likeness (QED) is 0.341. The number of oxime groups is 1. The summed E-state index contributed by atoms with van der Waals surface area (Å²) >= 11 is 6.15. The largest absolute Gasteiger partial charge is 0.409 e. The van der Waals surface area contributed by atoms with Gasteiger partial charge in [-0.05, 0) is 24.5 Å². The lowest BCUT2D eigenvalue weighted by molar-refractivity contribution is 0.244. The number of halogens is 1. The number of aliphatic hydroxyl groups excluding tert-OH is 1. The first-order chi connectivity index (χ1) is 9.10. The molecule has 1 aromatic rings. The number of anilines is 1. The van der Waals surface area contributed by atoms with Crippen molar-refractivity contribution < 1.29 is 10.3 Å². The summed E-state index contributed by atoms with van der Waals surface area (Å²) in [4.78, 5) is 2.07. The highest BCUT2D eigenvalue weighted by Gasteiger charge is 2.32. The standard InChI is InChI=1S/C13H18ClN3O2/c1-8-5-6-17(11(8)7-18)10-4-2-3-9(14)12(10)13(15)16-19/h2-4,8,11,18-19H,5-7H2,1H3,(H2,15,16). The molecule has 1 heterocycles. The summed E-state index contributed by atoms with van der Waals surface area (Å²) in [5.41, 5.74) is 7.02. The third-order valence-electron chi connectivity index (χ3n) is 3.73. The van der Waals surface area contributed by atoms with Gasteiger partial charge in [0.15, 0.2) is 5.84 Å². The molecule has 1 saturated heterocycles. The lowest BCUT2D eigenvalue weighted by Crippen LogP contribution is -2.36. The zero-order valence-electron chi connectivity index (χ0n) is 10.8.